The Balaban J connectivity index is 3.99. The SMILES string of the molecule is CC/C(=C\C=C(/C)O)NC. The predicted octanol–water partition coefficient (Wildman–Crippen LogP) is 1.96. The Morgan fingerprint density at radius 1 is 1.50 bits per heavy atom. The maximum atomic E-state index is 8.78. The van der Waals surface area contributed by atoms with Crippen LogP contribution in [0.1, 0.15) is 20.3 Å². The first kappa shape index (κ1) is 9.08. The van der Waals surface area contributed by atoms with E-state index in [-0.39, 0.29) is 0 Å². The summed E-state index contributed by atoms with van der Waals surface area (Å²) < 4.78 is 0. The molecule has 0 aromatic carbocycles. The molecule has 0 spiro atoms. The van der Waals surface area contributed by atoms with Gasteiger partial charge in [0.2, 0.25) is 0 Å². The van der Waals surface area contributed by atoms with Gasteiger partial charge in [-0.25, -0.2) is 0 Å². The van der Waals surface area contributed by atoms with Crippen LogP contribution in [0.15, 0.2) is 23.6 Å². The average molecular weight is 141 g/mol. The quantitative estimate of drug-likeness (QED) is 0.465. The van der Waals surface area contributed by atoms with E-state index in [1.165, 1.54) is 0 Å². The van der Waals surface area contributed by atoms with Crippen LogP contribution in [-0.4, -0.2) is 12.2 Å². The number of rotatable bonds is 3. The average Bonchev–Trinajstić information content (AvgIpc) is 1.90. The summed E-state index contributed by atoms with van der Waals surface area (Å²) in [6.45, 7) is 3.71. The van der Waals surface area contributed by atoms with Crippen LogP contribution < -0.4 is 5.32 Å². The van der Waals surface area contributed by atoms with Crippen molar-refractivity contribution < 1.29 is 5.11 Å². The summed E-state index contributed by atoms with van der Waals surface area (Å²) in [6, 6.07) is 0. The molecule has 0 bridgehead atoms. The molecular formula is C8H15NO. The maximum Gasteiger partial charge on any atom is 0.0892 e. The summed E-state index contributed by atoms with van der Waals surface area (Å²) in [5.74, 6) is 0.334. The minimum absolute atomic E-state index is 0.334. The van der Waals surface area contributed by atoms with E-state index in [9.17, 15) is 0 Å². The fourth-order valence-electron chi connectivity index (χ4n) is 0.599. The largest absolute Gasteiger partial charge is 0.513 e. The van der Waals surface area contributed by atoms with Crippen LogP contribution in [0.25, 0.3) is 0 Å². The van der Waals surface area contributed by atoms with Gasteiger partial charge in [0.25, 0.3) is 0 Å². The van der Waals surface area contributed by atoms with Gasteiger partial charge in [-0.3, -0.25) is 0 Å². The van der Waals surface area contributed by atoms with Crippen molar-refractivity contribution in [2.45, 2.75) is 20.3 Å². The molecule has 0 atom stereocenters. The summed E-state index contributed by atoms with van der Waals surface area (Å²) in [5.41, 5.74) is 1.12. The first-order valence-electron chi connectivity index (χ1n) is 3.44. The summed E-state index contributed by atoms with van der Waals surface area (Å²) in [5, 5.41) is 11.8. The van der Waals surface area contributed by atoms with Gasteiger partial charge in [-0.2, -0.15) is 0 Å². The molecule has 0 aliphatic heterocycles. The molecule has 58 valence electrons. The van der Waals surface area contributed by atoms with Crippen molar-refractivity contribution in [1.29, 1.82) is 0 Å². The van der Waals surface area contributed by atoms with Gasteiger partial charge in [-0.1, -0.05) is 6.92 Å². The molecule has 0 aromatic rings. The Bertz CT molecular complexity index is 137. The highest BCUT2D eigenvalue weighted by molar-refractivity contribution is 5.11. The number of allylic oxidation sites excluding steroid dienone is 4. The Hall–Kier alpha value is -0.920. The molecule has 2 N–H and O–H groups in total. The Labute approximate surface area is 62.3 Å². The number of nitrogens with one attached hydrogen (secondary N) is 1. The zero-order valence-electron chi connectivity index (χ0n) is 6.81. The molecule has 0 saturated heterocycles. The van der Waals surface area contributed by atoms with Crippen LogP contribution in [0.5, 0.6) is 0 Å². The van der Waals surface area contributed by atoms with Gasteiger partial charge < -0.3 is 10.4 Å². The van der Waals surface area contributed by atoms with Crippen LogP contribution in [0.3, 0.4) is 0 Å². The lowest BCUT2D eigenvalue weighted by atomic mass is 10.3. The molecule has 0 amide bonds. The molecule has 0 rings (SSSR count). The van der Waals surface area contributed by atoms with E-state index in [4.69, 9.17) is 5.11 Å². The van der Waals surface area contributed by atoms with Crippen LogP contribution in [-0.2, 0) is 0 Å². The highest BCUT2D eigenvalue weighted by Crippen LogP contribution is 1.95. The number of hydrogen-bond acceptors (Lipinski definition) is 2. The third kappa shape index (κ3) is 4.01. The van der Waals surface area contributed by atoms with E-state index >= 15 is 0 Å². The summed E-state index contributed by atoms with van der Waals surface area (Å²) in [4.78, 5) is 0. The van der Waals surface area contributed by atoms with Crippen molar-refractivity contribution in [3.05, 3.63) is 23.6 Å². The molecule has 0 aliphatic rings. The van der Waals surface area contributed by atoms with Gasteiger partial charge in [-0.15, -0.1) is 0 Å². The first-order valence-corrected chi connectivity index (χ1v) is 3.44. The Kier molecular flexibility index (Phi) is 4.46. The standard InChI is InChI=1S/C8H15NO/c1-4-8(9-3)6-5-7(2)10/h5-6,9-10H,4H2,1-3H3/b7-5+,8-6+. The molecular weight excluding hydrogens is 126 g/mol. The van der Waals surface area contributed by atoms with Crippen LogP contribution in [0.2, 0.25) is 0 Å². The monoisotopic (exact) mass is 141 g/mol. The fraction of sp³-hybridized carbons (Fsp3) is 0.500. The highest BCUT2D eigenvalue weighted by Gasteiger charge is 1.84. The lowest BCUT2D eigenvalue weighted by Crippen LogP contribution is -2.03. The van der Waals surface area contributed by atoms with Crippen molar-refractivity contribution in [3.63, 3.8) is 0 Å². The smallest absolute Gasteiger partial charge is 0.0892 e. The second-order valence-electron chi connectivity index (χ2n) is 2.10. The van der Waals surface area contributed by atoms with Gasteiger partial charge in [0.15, 0.2) is 0 Å². The van der Waals surface area contributed by atoms with Crippen molar-refractivity contribution in [2.75, 3.05) is 7.05 Å². The van der Waals surface area contributed by atoms with E-state index in [0.29, 0.717) is 5.76 Å². The lowest BCUT2D eigenvalue weighted by molar-refractivity contribution is 0.414. The third-order valence-corrected chi connectivity index (χ3v) is 1.23. The van der Waals surface area contributed by atoms with Gasteiger partial charge >= 0.3 is 0 Å². The van der Waals surface area contributed by atoms with Gasteiger partial charge in [0.05, 0.1) is 5.76 Å². The van der Waals surface area contributed by atoms with Gasteiger partial charge in [0.1, 0.15) is 0 Å². The van der Waals surface area contributed by atoms with Crippen molar-refractivity contribution >= 4 is 0 Å². The predicted molar refractivity (Wildman–Crippen MR) is 43.8 cm³/mol. The second-order valence-corrected chi connectivity index (χ2v) is 2.10. The molecule has 0 fully saturated rings. The van der Waals surface area contributed by atoms with Gasteiger partial charge in [0, 0.05) is 12.7 Å². The third-order valence-electron chi connectivity index (χ3n) is 1.23. The minimum atomic E-state index is 0.334. The van der Waals surface area contributed by atoms with E-state index in [1.807, 2.05) is 13.1 Å². The molecule has 0 aliphatic carbocycles. The maximum absolute atomic E-state index is 8.78. The minimum Gasteiger partial charge on any atom is -0.513 e. The van der Waals surface area contributed by atoms with Crippen LogP contribution in [0, 0.1) is 0 Å². The van der Waals surface area contributed by atoms with E-state index in [0.717, 1.165) is 12.1 Å². The molecule has 2 nitrogen and oxygen atoms in total. The summed E-state index contributed by atoms with van der Waals surface area (Å²) >= 11 is 0. The highest BCUT2D eigenvalue weighted by atomic mass is 16.3. The fourth-order valence-corrected chi connectivity index (χ4v) is 0.599. The number of aliphatic hydroxyl groups excluding tert-OH is 1. The van der Waals surface area contributed by atoms with E-state index < -0.39 is 0 Å². The normalized spacial score (nSPS) is 13.5. The molecule has 0 radical (unpaired) electrons. The Morgan fingerprint density at radius 3 is 2.40 bits per heavy atom. The molecule has 10 heavy (non-hydrogen) atoms. The van der Waals surface area contributed by atoms with Crippen LogP contribution in [0.4, 0.5) is 0 Å². The van der Waals surface area contributed by atoms with Gasteiger partial charge in [-0.05, 0) is 25.5 Å². The first-order chi connectivity index (χ1) is 4.70. The Morgan fingerprint density at radius 2 is 2.10 bits per heavy atom. The lowest BCUT2D eigenvalue weighted by Gasteiger charge is -1.99. The molecule has 0 heterocycles. The topological polar surface area (TPSA) is 32.3 Å². The molecule has 0 aromatic heterocycles. The zero-order valence-corrected chi connectivity index (χ0v) is 6.81. The number of hydrogen-bond donors (Lipinski definition) is 2. The zero-order chi connectivity index (χ0) is 7.98. The molecule has 0 saturated carbocycles. The second kappa shape index (κ2) is 4.91. The molecule has 0 unspecified atom stereocenters. The van der Waals surface area contributed by atoms with E-state index in [1.54, 1.807) is 13.0 Å². The van der Waals surface area contributed by atoms with Crippen molar-refractivity contribution in [2.24, 2.45) is 0 Å². The summed E-state index contributed by atoms with van der Waals surface area (Å²) in [6.07, 6.45) is 4.50. The molecule has 2 heteroatoms. The number of aliphatic hydroxyl groups is 1. The van der Waals surface area contributed by atoms with E-state index in [2.05, 4.69) is 12.2 Å². The van der Waals surface area contributed by atoms with Crippen molar-refractivity contribution in [3.8, 4) is 0 Å². The van der Waals surface area contributed by atoms with Crippen molar-refractivity contribution in [1.82, 2.24) is 5.32 Å². The van der Waals surface area contributed by atoms with Crippen LogP contribution >= 0.6 is 0 Å². The summed E-state index contributed by atoms with van der Waals surface area (Å²) in [7, 11) is 1.87.